The van der Waals surface area contributed by atoms with Gasteiger partial charge in [0.1, 0.15) is 12.2 Å². The first-order valence-electron chi connectivity index (χ1n) is 5.97. The predicted octanol–water partition coefficient (Wildman–Crippen LogP) is -2.25. The lowest BCUT2D eigenvalue weighted by atomic mass is 10.2. The van der Waals surface area contributed by atoms with Crippen molar-refractivity contribution in [2.45, 2.75) is 6.54 Å². The summed E-state index contributed by atoms with van der Waals surface area (Å²) in [6.07, 6.45) is 1.77. The summed E-state index contributed by atoms with van der Waals surface area (Å²) >= 11 is 0. The number of rotatable bonds is 2. The van der Waals surface area contributed by atoms with Gasteiger partial charge in [-0.05, 0) is 12.1 Å². The van der Waals surface area contributed by atoms with Crippen LogP contribution in [-0.2, 0) is 11.3 Å². The summed E-state index contributed by atoms with van der Waals surface area (Å²) in [5.41, 5.74) is 2.03. The molecule has 0 spiro atoms. The number of halogens is 1. The van der Waals surface area contributed by atoms with Gasteiger partial charge >= 0.3 is 0 Å². The summed E-state index contributed by atoms with van der Waals surface area (Å²) in [5, 5.41) is 2.85. The van der Waals surface area contributed by atoms with Crippen molar-refractivity contribution < 1.29 is 22.1 Å². The molecule has 3 rings (SSSR count). The largest absolute Gasteiger partial charge is 1.00 e. The standard InChI is InChI=1S/C14H13N3O.ClH/c18-13-10-17(9-11-5-2-1-3-6-11)14-12(16-13)7-4-8-15-14;/h1-8H,9-10H2,(H,16,18);1H. The van der Waals surface area contributed by atoms with Crippen LogP contribution < -0.4 is 22.6 Å². The maximum atomic E-state index is 11.7. The van der Waals surface area contributed by atoms with Gasteiger partial charge in [-0.3, -0.25) is 9.69 Å². The molecule has 1 amide bonds. The van der Waals surface area contributed by atoms with Gasteiger partial charge in [-0.1, -0.05) is 30.3 Å². The molecule has 1 aliphatic rings. The lowest BCUT2D eigenvalue weighted by Crippen LogP contribution is -3.08. The van der Waals surface area contributed by atoms with Crippen molar-refractivity contribution in [1.29, 1.82) is 0 Å². The van der Waals surface area contributed by atoms with E-state index in [-0.39, 0.29) is 18.3 Å². The summed E-state index contributed by atoms with van der Waals surface area (Å²) in [5.74, 6) is 0.961. The third-order valence-electron chi connectivity index (χ3n) is 3.05. The number of benzene rings is 1. The second-order valence-corrected chi connectivity index (χ2v) is 4.39. The number of pyridine rings is 1. The highest BCUT2D eigenvalue weighted by Crippen LogP contribution is 2.16. The fourth-order valence-electron chi connectivity index (χ4n) is 2.25. The fourth-order valence-corrected chi connectivity index (χ4v) is 2.25. The summed E-state index contributed by atoms with van der Waals surface area (Å²) in [6.45, 7) is 1.21. The minimum absolute atomic E-state index is 0. The number of nitrogens with one attached hydrogen (secondary N) is 2. The normalized spacial score (nSPS) is 17.1. The van der Waals surface area contributed by atoms with Crippen LogP contribution in [0.5, 0.6) is 0 Å². The molecule has 1 aromatic heterocycles. The average Bonchev–Trinajstić information content (AvgIpc) is 2.40. The molecule has 0 radical (unpaired) electrons. The molecule has 2 N–H and O–H groups in total. The van der Waals surface area contributed by atoms with Crippen molar-refractivity contribution in [2.24, 2.45) is 0 Å². The summed E-state index contributed by atoms with van der Waals surface area (Å²) in [7, 11) is 0. The smallest absolute Gasteiger partial charge is 0.280 e. The van der Waals surface area contributed by atoms with Gasteiger partial charge in [0.25, 0.3) is 11.7 Å². The minimum Gasteiger partial charge on any atom is -1.00 e. The van der Waals surface area contributed by atoms with E-state index in [2.05, 4.69) is 22.4 Å². The highest BCUT2D eigenvalue weighted by molar-refractivity contribution is 5.95. The van der Waals surface area contributed by atoms with Crippen LogP contribution in [0, 0.1) is 0 Å². The SMILES string of the molecule is O=C1C[NH+](Cc2ccccc2)c2ncccc2N1.[Cl-]. The van der Waals surface area contributed by atoms with Gasteiger partial charge < -0.3 is 17.7 Å². The number of aromatic nitrogens is 1. The molecule has 5 heteroatoms. The van der Waals surface area contributed by atoms with Crippen LogP contribution in [0.2, 0.25) is 0 Å². The number of carbonyl (C=O) groups is 1. The van der Waals surface area contributed by atoms with Gasteiger partial charge in [-0.25, -0.2) is 4.98 Å². The fraction of sp³-hybridized carbons (Fsp3) is 0.143. The topological polar surface area (TPSA) is 46.4 Å². The first-order valence-corrected chi connectivity index (χ1v) is 5.97. The summed E-state index contributed by atoms with van der Waals surface area (Å²) < 4.78 is 0. The maximum absolute atomic E-state index is 11.7. The van der Waals surface area contributed by atoms with E-state index in [0.717, 1.165) is 22.9 Å². The van der Waals surface area contributed by atoms with Crippen molar-refractivity contribution >= 4 is 17.4 Å². The summed E-state index contributed by atoms with van der Waals surface area (Å²) in [6, 6.07) is 13.9. The van der Waals surface area contributed by atoms with Crippen LogP contribution >= 0.6 is 0 Å². The summed E-state index contributed by atoms with van der Waals surface area (Å²) in [4.78, 5) is 17.1. The molecule has 0 saturated carbocycles. The highest BCUT2D eigenvalue weighted by atomic mass is 35.5. The van der Waals surface area contributed by atoms with E-state index in [4.69, 9.17) is 0 Å². The minimum atomic E-state index is 0. The Labute approximate surface area is 117 Å². The number of quaternary nitrogens is 1. The average molecular weight is 276 g/mol. The Bertz CT molecular complexity index is 574. The molecule has 0 bridgehead atoms. The molecule has 1 atom stereocenters. The number of hydrogen-bond donors (Lipinski definition) is 2. The number of anilines is 1. The number of hydrogen-bond acceptors (Lipinski definition) is 2. The van der Waals surface area contributed by atoms with E-state index < -0.39 is 0 Å². The van der Waals surface area contributed by atoms with Gasteiger partial charge in [0.15, 0.2) is 6.54 Å². The van der Waals surface area contributed by atoms with Crippen LogP contribution in [0.25, 0.3) is 0 Å². The molecule has 0 fully saturated rings. The zero-order chi connectivity index (χ0) is 12.4. The molecule has 1 aliphatic heterocycles. The third kappa shape index (κ3) is 2.92. The first-order chi connectivity index (χ1) is 8.83. The van der Waals surface area contributed by atoms with E-state index in [9.17, 15) is 4.79 Å². The molecule has 19 heavy (non-hydrogen) atoms. The van der Waals surface area contributed by atoms with Crippen LogP contribution in [0.15, 0.2) is 48.7 Å². The van der Waals surface area contributed by atoms with Crippen molar-refractivity contribution in [3.05, 3.63) is 54.2 Å². The highest BCUT2D eigenvalue weighted by Gasteiger charge is 2.27. The van der Waals surface area contributed by atoms with Crippen molar-refractivity contribution in [2.75, 3.05) is 11.9 Å². The molecular formula is C14H14ClN3O. The Kier molecular flexibility index (Phi) is 4.14. The van der Waals surface area contributed by atoms with Gasteiger partial charge in [-0.2, -0.15) is 0 Å². The molecule has 4 nitrogen and oxygen atoms in total. The number of amides is 1. The van der Waals surface area contributed by atoms with Crippen molar-refractivity contribution in [3.8, 4) is 0 Å². The maximum Gasteiger partial charge on any atom is 0.280 e. The molecule has 2 heterocycles. The van der Waals surface area contributed by atoms with Gasteiger partial charge in [0, 0.05) is 11.8 Å². The molecule has 0 saturated heterocycles. The van der Waals surface area contributed by atoms with Crippen molar-refractivity contribution in [1.82, 2.24) is 4.98 Å². The molecule has 1 unspecified atom stereocenters. The quantitative estimate of drug-likeness (QED) is 0.651. The lowest BCUT2D eigenvalue weighted by molar-refractivity contribution is -0.841. The molecule has 98 valence electrons. The molecular weight excluding hydrogens is 262 g/mol. The Morgan fingerprint density at radius 2 is 1.95 bits per heavy atom. The van der Waals surface area contributed by atoms with E-state index in [1.165, 1.54) is 5.56 Å². The Morgan fingerprint density at radius 3 is 2.74 bits per heavy atom. The zero-order valence-corrected chi connectivity index (χ0v) is 11.0. The molecule has 2 aromatic rings. The van der Waals surface area contributed by atoms with Crippen LogP contribution in [-0.4, -0.2) is 17.4 Å². The molecule has 0 aliphatic carbocycles. The zero-order valence-electron chi connectivity index (χ0n) is 10.3. The van der Waals surface area contributed by atoms with Crippen molar-refractivity contribution in [3.63, 3.8) is 0 Å². The van der Waals surface area contributed by atoms with E-state index in [1.807, 2.05) is 30.3 Å². The van der Waals surface area contributed by atoms with E-state index >= 15 is 0 Å². The third-order valence-corrected chi connectivity index (χ3v) is 3.05. The second-order valence-electron chi connectivity index (χ2n) is 4.39. The van der Waals surface area contributed by atoms with Gasteiger partial charge in [0.05, 0.1) is 0 Å². The first kappa shape index (κ1) is 13.5. The van der Waals surface area contributed by atoms with Gasteiger partial charge in [-0.15, -0.1) is 0 Å². The van der Waals surface area contributed by atoms with Crippen LogP contribution in [0.1, 0.15) is 5.56 Å². The Morgan fingerprint density at radius 1 is 1.16 bits per heavy atom. The van der Waals surface area contributed by atoms with E-state index in [1.54, 1.807) is 6.20 Å². The Hall–Kier alpha value is -1.91. The van der Waals surface area contributed by atoms with Gasteiger partial charge in [0.2, 0.25) is 0 Å². The predicted molar refractivity (Wildman–Crippen MR) is 68.5 cm³/mol. The second kappa shape index (κ2) is 5.82. The van der Waals surface area contributed by atoms with Crippen LogP contribution in [0.3, 0.4) is 0 Å². The monoisotopic (exact) mass is 275 g/mol. The number of nitrogens with zero attached hydrogens (tertiary/aromatic N) is 1. The Balaban J connectivity index is 0.00000133. The number of fused-ring (bicyclic) bond motifs is 1. The number of carbonyl (C=O) groups excluding carboxylic acids is 1. The van der Waals surface area contributed by atoms with Crippen LogP contribution in [0.4, 0.5) is 11.5 Å². The van der Waals surface area contributed by atoms with E-state index in [0.29, 0.717) is 6.54 Å². The molecule has 1 aromatic carbocycles. The lowest BCUT2D eigenvalue weighted by Gasteiger charge is -2.24.